The van der Waals surface area contributed by atoms with Crippen molar-refractivity contribution in [2.45, 2.75) is 13.0 Å². The standard InChI is InChI=1S/C11H11ClN4O/c12-10-3-1-9(2-4-10)11(15-17)5-6-16-8-13-7-14-16/h1-4,7-8,17H,5-6H2. The zero-order chi connectivity index (χ0) is 12.1. The molecular formula is C11H11ClN4O. The Morgan fingerprint density at radius 1 is 1.35 bits per heavy atom. The Hall–Kier alpha value is -1.88. The van der Waals surface area contributed by atoms with Crippen molar-refractivity contribution in [1.29, 1.82) is 0 Å². The number of nitrogens with zero attached hydrogens (tertiary/aromatic N) is 4. The lowest BCUT2D eigenvalue weighted by Crippen LogP contribution is -2.07. The highest BCUT2D eigenvalue weighted by atomic mass is 35.5. The van der Waals surface area contributed by atoms with Crippen LogP contribution in [0.3, 0.4) is 0 Å². The monoisotopic (exact) mass is 250 g/mol. The molecule has 0 radical (unpaired) electrons. The molecule has 88 valence electrons. The Bertz CT molecular complexity index is 493. The number of rotatable bonds is 4. The Labute approximate surface area is 103 Å². The molecule has 0 aliphatic heterocycles. The van der Waals surface area contributed by atoms with Gasteiger partial charge >= 0.3 is 0 Å². The molecule has 0 fully saturated rings. The minimum Gasteiger partial charge on any atom is -0.411 e. The molecule has 0 atom stereocenters. The summed E-state index contributed by atoms with van der Waals surface area (Å²) in [5.41, 5.74) is 1.44. The largest absolute Gasteiger partial charge is 0.411 e. The molecule has 1 aromatic heterocycles. The van der Waals surface area contributed by atoms with Crippen LogP contribution in [-0.4, -0.2) is 25.7 Å². The van der Waals surface area contributed by atoms with Crippen LogP contribution in [0.15, 0.2) is 42.1 Å². The van der Waals surface area contributed by atoms with E-state index in [4.69, 9.17) is 16.8 Å². The molecule has 0 saturated heterocycles. The summed E-state index contributed by atoms with van der Waals surface area (Å²) >= 11 is 5.79. The quantitative estimate of drug-likeness (QED) is 0.514. The van der Waals surface area contributed by atoms with Gasteiger partial charge in [0.2, 0.25) is 0 Å². The maximum absolute atomic E-state index is 8.99. The van der Waals surface area contributed by atoms with Crippen molar-refractivity contribution in [3.63, 3.8) is 0 Å². The molecule has 1 heterocycles. The molecule has 0 aliphatic rings. The van der Waals surface area contributed by atoms with E-state index in [1.54, 1.807) is 23.1 Å². The molecular weight excluding hydrogens is 240 g/mol. The summed E-state index contributed by atoms with van der Waals surface area (Å²) < 4.78 is 1.68. The molecule has 0 amide bonds. The van der Waals surface area contributed by atoms with Crippen LogP contribution in [-0.2, 0) is 6.54 Å². The van der Waals surface area contributed by atoms with Crippen molar-refractivity contribution in [3.05, 3.63) is 47.5 Å². The molecule has 6 heteroatoms. The van der Waals surface area contributed by atoms with Gasteiger partial charge in [0, 0.05) is 18.0 Å². The van der Waals surface area contributed by atoms with Crippen LogP contribution >= 0.6 is 11.6 Å². The van der Waals surface area contributed by atoms with Gasteiger partial charge < -0.3 is 5.21 Å². The van der Waals surface area contributed by atoms with Gasteiger partial charge in [0.15, 0.2) is 0 Å². The highest BCUT2D eigenvalue weighted by Gasteiger charge is 2.05. The van der Waals surface area contributed by atoms with E-state index in [0.29, 0.717) is 23.7 Å². The summed E-state index contributed by atoms with van der Waals surface area (Å²) in [5.74, 6) is 0. The van der Waals surface area contributed by atoms with E-state index < -0.39 is 0 Å². The normalized spacial score (nSPS) is 11.7. The third kappa shape index (κ3) is 3.04. The number of aryl methyl sites for hydroxylation is 1. The van der Waals surface area contributed by atoms with E-state index in [9.17, 15) is 0 Å². The average Bonchev–Trinajstić information content (AvgIpc) is 2.85. The Morgan fingerprint density at radius 2 is 2.12 bits per heavy atom. The lowest BCUT2D eigenvalue weighted by molar-refractivity contribution is 0.317. The fourth-order valence-electron chi connectivity index (χ4n) is 1.46. The lowest BCUT2D eigenvalue weighted by Gasteiger charge is -2.04. The van der Waals surface area contributed by atoms with Gasteiger partial charge in [-0.1, -0.05) is 28.9 Å². The van der Waals surface area contributed by atoms with Crippen LogP contribution in [0.2, 0.25) is 5.02 Å². The fraction of sp³-hybridized carbons (Fsp3) is 0.182. The van der Waals surface area contributed by atoms with Gasteiger partial charge in [-0.05, 0) is 17.7 Å². The van der Waals surface area contributed by atoms with E-state index in [2.05, 4.69) is 15.2 Å². The second-order valence-electron chi connectivity index (χ2n) is 3.46. The summed E-state index contributed by atoms with van der Waals surface area (Å²) in [7, 11) is 0. The molecule has 0 aliphatic carbocycles. The summed E-state index contributed by atoms with van der Waals surface area (Å²) in [6.07, 6.45) is 3.66. The molecule has 2 aromatic rings. The number of aromatic nitrogens is 3. The maximum Gasteiger partial charge on any atom is 0.137 e. The second kappa shape index (κ2) is 5.45. The predicted molar refractivity (Wildman–Crippen MR) is 64.4 cm³/mol. The van der Waals surface area contributed by atoms with Crippen LogP contribution in [0.1, 0.15) is 12.0 Å². The Balaban J connectivity index is 2.05. The molecule has 17 heavy (non-hydrogen) atoms. The van der Waals surface area contributed by atoms with Gasteiger partial charge in [0.1, 0.15) is 12.7 Å². The summed E-state index contributed by atoms with van der Waals surface area (Å²) in [6, 6.07) is 7.16. The Kier molecular flexibility index (Phi) is 3.72. The summed E-state index contributed by atoms with van der Waals surface area (Å²) in [4.78, 5) is 3.84. The third-order valence-corrected chi connectivity index (χ3v) is 2.59. The molecule has 0 spiro atoms. The summed E-state index contributed by atoms with van der Waals surface area (Å²) in [6.45, 7) is 0.613. The smallest absolute Gasteiger partial charge is 0.137 e. The van der Waals surface area contributed by atoms with E-state index in [1.165, 1.54) is 6.33 Å². The van der Waals surface area contributed by atoms with Gasteiger partial charge in [0.05, 0.1) is 5.71 Å². The van der Waals surface area contributed by atoms with Crippen LogP contribution in [0.5, 0.6) is 0 Å². The van der Waals surface area contributed by atoms with Crippen molar-refractivity contribution in [2.75, 3.05) is 0 Å². The average molecular weight is 251 g/mol. The number of oxime groups is 1. The third-order valence-electron chi connectivity index (χ3n) is 2.34. The van der Waals surface area contributed by atoms with Crippen LogP contribution < -0.4 is 0 Å². The first-order valence-electron chi connectivity index (χ1n) is 5.09. The van der Waals surface area contributed by atoms with Crippen molar-refractivity contribution >= 4 is 17.3 Å². The predicted octanol–water partition coefficient (Wildman–Crippen LogP) is 2.20. The molecule has 2 rings (SSSR count). The minimum atomic E-state index is 0.571. The van der Waals surface area contributed by atoms with Crippen molar-refractivity contribution in [2.24, 2.45) is 5.16 Å². The van der Waals surface area contributed by atoms with Crippen LogP contribution in [0.4, 0.5) is 0 Å². The van der Waals surface area contributed by atoms with Gasteiger partial charge in [-0.3, -0.25) is 4.68 Å². The molecule has 1 aromatic carbocycles. The molecule has 1 N–H and O–H groups in total. The lowest BCUT2D eigenvalue weighted by atomic mass is 10.1. The van der Waals surface area contributed by atoms with E-state index in [1.807, 2.05) is 12.1 Å². The van der Waals surface area contributed by atoms with Crippen molar-refractivity contribution < 1.29 is 5.21 Å². The highest BCUT2D eigenvalue weighted by Crippen LogP contribution is 2.12. The molecule has 5 nitrogen and oxygen atoms in total. The summed E-state index contributed by atoms with van der Waals surface area (Å²) in [5, 5.41) is 16.9. The first kappa shape index (κ1) is 11.6. The zero-order valence-corrected chi connectivity index (χ0v) is 9.75. The second-order valence-corrected chi connectivity index (χ2v) is 3.90. The maximum atomic E-state index is 8.99. The van der Waals surface area contributed by atoms with E-state index in [-0.39, 0.29) is 0 Å². The zero-order valence-electron chi connectivity index (χ0n) is 8.99. The van der Waals surface area contributed by atoms with E-state index >= 15 is 0 Å². The highest BCUT2D eigenvalue weighted by molar-refractivity contribution is 6.30. The topological polar surface area (TPSA) is 63.3 Å². The minimum absolute atomic E-state index is 0.571. The van der Waals surface area contributed by atoms with Gasteiger partial charge in [-0.2, -0.15) is 5.10 Å². The van der Waals surface area contributed by atoms with Crippen LogP contribution in [0, 0.1) is 0 Å². The first-order chi connectivity index (χ1) is 8.29. The fourth-order valence-corrected chi connectivity index (χ4v) is 1.59. The molecule has 0 saturated carbocycles. The van der Waals surface area contributed by atoms with Gasteiger partial charge in [-0.25, -0.2) is 4.98 Å². The number of benzene rings is 1. The number of hydrogen-bond donors (Lipinski definition) is 1. The van der Waals surface area contributed by atoms with E-state index in [0.717, 1.165) is 5.56 Å². The first-order valence-corrected chi connectivity index (χ1v) is 5.46. The van der Waals surface area contributed by atoms with Crippen molar-refractivity contribution in [1.82, 2.24) is 14.8 Å². The van der Waals surface area contributed by atoms with Crippen LogP contribution in [0.25, 0.3) is 0 Å². The van der Waals surface area contributed by atoms with Crippen molar-refractivity contribution in [3.8, 4) is 0 Å². The molecule has 0 bridgehead atoms. The van der Waals surface area contributed by atoms with Gasteiger partial charge in [0.25, 0.3) is 0 Å². The Morgan fingerprint density at radius 3 is 2.71 bits per heavy atom. The van der Waals surface area contributed by atoms with Gasteiger partial charge in [-0.15, -0.1) is 0 Å². The SMILES string of the molecule is ON=C(CCn1cncn1)c1ccc(Cl)cc1. The number of hydrogen-bond acceptors (Lipinski definition) is 4. The number of halogens is 1. The molecule has 0 unspecified atom stereocenters.